The monoisotopic (exact) mass is 236 g/mol. The Kier molecular flexibility index (Phi) is 5.62. The number of methoxy groups -OCH3 is 1. The maximum Gasteiger partial charge on any atom is 0.0462 e. The van der Waals surface area contributed by atoms with Crippen LogP contribution >= 0.6 is 0 Å². The molecule has 1 aromatic carbocycles. The molecule has 0 saturated carbocycles. The minimum Gasteiger partial charge on any atom is -0.385 e. The van der Waals surface area contributed by atoms with E-state index in [0.29, 0.717) is 0 Å². The van der Waals surface area contributed by atoms with Crippen LogP contribution in [0, 0.1) is 0 Å². The van der Waals surface area contributed by atoms with Gasteiger partial charge in [0, 0.05) is 25.2 Å². The normalized spacial score (nSPS) is 13.6. The van der Waals surface area contributed by atoms with Crippen molar-refractivity contribution in [3.63, 3.8) is 0 Å². The fraction of sp³-hybridized carbons (Fsp3) is 0.571. The lowest BCUT2D eigenvalue weighted by atomic mass is 9.76. The summed E-state index contributed by atoms with van der Waals surface area (Å²) in [7, 11) is 1.73. The van der Waals surface area contributed by atoms with Gasteiger partial charge in [-0.25, -0.2) is 0 Å². The molecular formula is C14H24N2O. The van der Waals surface area contributed by atoms with Gasteiger partial charge in [0.1, 0.15) is 0 Å². The second kappa shape index (κ2) is 6.74. The van der Waals surface area contributed by atoms with Crippen LogP contribution in [0.2, 0.25) is 0 Å². The van der Waals surface area contributed by atoms with Crippen LogP contribution in [0.5, 0.6) is 0 Å². The second-order valence-electron chi connectivity index (χ2n) is 4.94. The highest BCUT2D eigenvalue weighted by Crippen LogP contribution is 2.28. The Morgan fingerprint density at radius 3 is 2.47 bits per heavy atom. The fourth-order valence-electron chi connectivity index (χ4n) is 2.15. The molecule has 96 valence electrons. The van der Waals surface area contributed by atoms with Crippen molar-refractivity contribution < 1.29 is 4.74 Å². The molecule has 1 aromatic rings. The SMILES string of the molecule is COCCCC(NN)C(C)(C)c1ccccc1. The molecule has 0 amide bonds. The summed E-state index contributed by atoms with van der Waals surface area (Å²) in [6.07, 6.45) is 2.02. The number of ether oxygens (including phenoxy) is 1. The van der Waals surface area contributed by atoms with E-state index in [0.717, 1.165) is 19.4 Å². The topological polar surface area (TPSA) is 47.3 Å². The van der Waals surface area contributed by atoms with Crippen LogP contribution in [-0.4, -0.2) is 19.8 Å². The van der Waals surface area contributed by atoms with E-state index in [2.05, 4.69) is 43.5 Å². The first-order valence-corrected chi connectivity index (χ1v) is 6.13. The summed E-state index contributed by atoms with van der Waals surface area (Å²) >= 11 is 0. The van der Waals surface area contributed by atoms with Crippen LogP contribution in [0.25, 0.3) is 0 Å². The van der Waals surface area contributed by atoms with Crippen LogP contribution < -0.4 is 11.3 Å². The zero-order valence-electron chi connectivity index (χ0n) is 11.1. The van der Waals surface area contributed by atoms with Gasteiger partial charge in [-0.05, 0) is 18.4 Å². The molecule has 1 rings (SSSR count). The molecule has 0 bridgehead atoms. The van der Waals surface area contributed by atoms with E-state index >= 15 is 0 Å². The van der Waals surface area contributed by atoms with Gasteiger partial charge in [-0.3, -0.25) is 11.3 Å². The predicted molar refractivity (Wildman–Crippen MR) is 71.7 cm³/mol. The number of hydrogen-bond donors (Lipinski definition) is 2. The number of hydrazine groups is 1. The zero-order valence-corrected chi connectivity index (χ0v) is 11.1. The van der Waals surface area contributed by atoms with E-state index in [4.69, 9.17) is 10.6 Å². The van der Waals surface area contributed by atoms with Crippen LogP contribution in [-0.2, 0) is 10.2 Å². The first kappa shape index (κ1) is 14.2. The predicted octanol–water partition coefficient (Wildman–Crippen LogP) is 2.22. The molecule has 3 nitrogen and oxygen atoms in total. The first-order chi connectivity index (χ1) is 8.12. The van der Waals surface area contributed by atoms with Crippen molar-refractivity contribution >= 4 is 0 Å². The highest BCUT2D eigenvalue weighted by Gasteiger charge is 2.29. The average Bonchev–Trinajstić information content (AvgIpc) is 2.35. The lowest BCUT2D eigenvalue weighted by molar-refractivity contribution is 0.182. The van der Waals surface area contributed by atoms with E-state index in [-0.39, 0.29) is 11.5 Å². The molecule has 0 aliphatic carbocycles. The highest BCUT2D eigenvalue weighted by atomic mass is 16.5. The smallest absolute Gasteiger partial charge is 0.0462 e. The van der Waals surface area contributed by atoms with E-state index in [9.17, 15) is 0 Å². The van der Waals surface area contributed by atoms with E-state index in [1.54, 1.807) is 7.11 Å². The molecule has 3 heteroatoms. The Morgan fingerprint density at radius 2 is 1.94 bits per heavy atom. The molecule has 1 unspecified atom stereocenters. The largest absolute Gasteiger partial charge is 0.385 e. The van der Waals surface area contributed by atoms with Gasteiger partial charge in [-0.15, -0.1) is 0 Å². The fourth-order valence-corrected chi connectivity index (χ4v) is 2.15. The van der Waals surface area contributed by atoms with Crippen LogP contribution in [0.15, 0.2) is 30.3 Å². The minimum atomic E-state index is 0.0176. The Hall–Kier alpha value is -0.900. The van der Waals surface area contributed by atoms with Gasteiger partial charge in [-0.1, -0.05) is 44.2 Å². The summed E-state index contributed by atoms with van der Waals surface area (Å²) < 4.78 is 5.09. The van der Waals surface area contributed by atoms with Crippen molar-refractivity contribution in [3.05, 3.63) is 35.9 Å². The van der Waals surface area contributed by atoms with E-state index in [1.807, 2.05) is 6.07 Å². The van der Waals surface area contributed by atoms with Crippen molar-refractivity contribution in [2.75, 3.05) is 13.7 Å². The molecule has 0 radical (unpaired) electrons. The molecule has 0 saturated heterocycles. The van der Waals surface area contributed by atoms with Gasteiger partial charge in [-0.2, -0.15) is 0 Å². The first-order valence-electron chi connectivity index (χ1n) is 6.13. The van der Waals surface area contributed by atoms with Gasteiger partial charge in [0.15, 0.2) is 0 Å². The third kappa shape index (κ3) is 3.80. The third-order valence-electron chi connectivity index (χ3n) is 3.43. The minimum absolute atomic E-state index is 0.0176. The third-order valence-corrected chi connectivity index (χ3v) is 3.43. The average molecular weight is 236 g/mol. The van der Waals surface area contributed by atoms with Gasteiger partial charge in [0.25, 0.3) is 0 Å². The standard InChI is InChI=1S/C14H24N2O/c1-14(2,12-8-5-4-6-9-12)13(16-15)10-7-11-17-3/h4-6,8-9,13,16H,7,10-11,15H2,1-3H3. The molecule has 17 heavy (non-hydrogen) atoms. The zero-order chi connectivity index (χ0) is 12.7. The Bertz CT molecular complexity index is 311. The number of hydrogen-bond acceptors (Lipinski definition) is 3. The molecule has 3 N–H and O–H groups in total. The summed E-state index contributed by atoms with van der Waals surface area (Å²) in [5, 5.41) is 0. The summed E-state index contributed by atoms with van der Waals surface area (Å²) in [5.74, 6) is 5.69. The van der Waals surface area contributed by atoms with Crippen molar-refractivity contribution in [2.45, 2.75) is 38.1 Å². The maximum atomic E-state index is 5.69. The lowest BCUT2D eigenvalue weighted by Gasteiger charge is -2.34. The lowest BCUT2D eigenvalue weighted by Crippen LogP contribution is -2.48. The molecule has 0 fully saturated rings. The summed E-state index contributed by atoms with van der Waals surface area (Å²) in [5.41, 5.74) is 4.27. The second-order valence-corrected chi connectivity index (χ2v) is 4.94. The number of nitrogens with one attached hydrogen (secondary N) is 1. The van der Waals surface area contributed by atoms with E-state index in [1.165, 1.54) is 5.56 Å². The van der Waals surface area contributed by atoms with Gasteiger partial charge in [0.2, 0.25) is 0 Å². The summed E-state index contributed by atoms with van der Waals surface area (Å²) in [6.45, 7) is 5.22. The molecule has 1 atom stereocenters. The summed E-state index contributed by atoms with van der Waals surface area (Å²) in [4.78, 5) is 0. The van der Waals surface area contributed by atoms with Crippen LogP contribution in [0.4, 0.5) is 0 Å². The number of rotatable bonds is 7. The van der Waals surface area contributed by atoms with Crippen LogP contribution in [0.1, 0.15) is 32.3 Å². The summed E-state index contributed by atoms with van der Waals surface area (Å²) in [6, 6.07) is 10.7. The Labute approximate surface area is 104 Å². The number of nitrogens with two attached hydrogens (primary N) is 1. The van der Waals surface area contributed by atoms with Crippen molar-refractivity contribution in [1.29, 1.82) is 0 Å². The molecule has 0 aliphatic rings. The van der Waals surface area contributed by atoms with Crippen molar-refractivity contribution in [2.24, 2.45) is 5.84 Å². The Morgan fingerprint density at radius 1 is 1.29 bits per heavy atom. The maximum absolute atomic E-state index is 5.69. The number of benzene rings is 1. The van der Waals surface area contributed by atoms with Crippen molar-refractivity contribution in [3.8, 4) is 0 Å². The highest BCUT2D eigenvalue weighted by molar-refractivity contribution is 5.25. The quantitative estimate of drug-likeness (QED) is 0.433. The van der Waals surface area contributed by atoms with Crippen molar-refractivity contribution in [1.82, 2.24) is 5.43 Å². The van der Waals surface area contributed by atoms with Gasteiger partial charge >= 0.3 is 0 Å². The molecule has 0 spiro atoms. The molecule has 0 aliphatic heterocycles. The van der Waals surface area contributed by atoms with Gasteiger partial charge < -0.3 is 4.74 Å². The Balaban J connectivity index is 2.72. The molecular weight excluding hydrogens is 212 g/mol. The molecule has 0 heterocycles. The van der Waals surface area contributed by atoms with E-state index < -0.39 is 0 Å². The van der Waals surface area contributed by atoms with Crippen LogP contribution in [0.3, 0.4) is 0 Å². The van der Waals surface area contributed by atoms with Gasteiger partial charge in [0.05, 0.1) is 0 Å². The molecule has 0 aromatic heterocycles.